The van der Waals surface area contributed by atoms with E-state index in [9.17, 15) is 9.90 Å². The van der Waals surface area contributed by atoms with E-state index < -0.39 is 11.2 Å². The van der Waals surface area contributed by atoms with Gasteiger partial charge >= 0.3 is 6.09 Å². The first-order valence-corrected chi connectivity index (χ1v) is 6.24. The second kappa shape index (κ2) is 4.48. The van der Waals surface area contributed by atoms with Gasteiger partial charge in [-0.05, 0) is 48.0 Å². The van der Waals surface area contributed by atoms with Crippen LogP contribution in [0.2, 0.25) is 0 Å². The SMILES string of the molecule is CC1C(C(C)(C)O)CCN1C(=O)OC(C)(C)C. The van der Waals surface area contributed by atoms with Crippen molar-refractivity contribution in [1.29, 1.82) is 0 Å². The minimum atomic E-state index is -0.754. The molecule has 0 bridgehead atoms. The summed E-state index contributed by atoms with van der Waals surface area (Å²) in [5.74, 6) is 0.106. The number of carbonyl (C=O) groups is 1. The van der Waals surface area contributed by atoms with Gasteiger partial charge in [-0.2, -0.15) is 0 Å². The normalized spacial score (nSPS) is 26.2. The van der Waals surface area contributed by atoms with Gasteiger partial charge in [-0.1, -0.05) is 0 Å². The van der Waals surface area contributed by atoms with Crippen LogP contribution in [0, 0.1) is 5.92 Å². The topological polar surface area (TPSA) is 49.8 Å². The maximum absolute atomic E-state index is 12.0. The van der Waals surface area contributed by atoms with Gasteiger partial charge < -0.3 is 14.7 Å². The quantitative estimate of drug-likeness (QED) is 0.769. The van der Waals surface area contributed by atoms with Crippen molar-refractivity contribution in [3.63, 3.8) is 0 Å². The zero-order valence-electron chi connectivity index (χ0n) is 11.8. The molecule has 17 heavy (non-hydrogen) atoms. The van der Waals surface area contributed by atoms with E-state index in [-0.39, 0.29) is 18.1 Å². The van der Waals surface area contributed by atoms with Crippen molar-refractivity contribution in [3.8, 4) is 0 Å². The predicted molar refractivity (Wildman–Crippen MR) is 66.8 cm³/mol. The zero-order chi connectivity index (χ0) is 13.4. The Morgan fingerprint density at radius 3 is 2.18 bits per heavy atom. The number of likely N-dealkylation sites (tertiary alicyclic amines) is 1. The molecule has 0 aromatic rings. The summed E-state index contributed by atoms with van der Waals surface area (Å²) in [6.07, 6.45) is 0.543. The standard InChI is InChI=1S/C13H25NO3/c1-9-10(13(5,6)16)7-8-14(9)11(15)17-12(2,3)4/h9-10,16H,7-8H2,1-6H3. The van der Waals surface area contributed by atoms with Crippen LogP contribution in [-0.2, 0) is 4.74 Å². The summed E-state index contributed by atoms with van der Waals surface area (Å²) in [7, 11) is 0. The number of nitrogens with zero attached hydrogens (tertiary/aromatic N) is 1. The van der Waals surface area contributed by atoms with Gasteiger partial charge in [0, 0.05) is 18.5 Å². The number of hydrogen-bond acceptors (Lipinski definition) is 3. The van der Waals surface area contributed by atoms with Gasteiger partial charge in [-0.15, -0.1) is 0 Å². The van der Waals surface area contributed by atoms with E-state index in [1.807, 2.05) is 27.7 Å². The van der Waals surface area contributed by atoms with Gasteiger partial charge in [-0.3, -0.25) is 0 Å². The number of amides is 1. The second-order valence-corrected chi connectivity index (χ2v) is 6.46. The van der Waals surface area contributed by atoms with Crippen LogP contribution in [0.3, 0.4) is 0 Å². The first-order valence-electron chi connectivity index (χ1n) is 6.24. The van der Waals surface area contributed by atoms with Gasteiger partial charge in [-0.25, -0.2) is 4.79 Å². The average Bonchev–Trinajstić information content (AvgIpc) is 2.42. The van der Waals surface area contributed by atoms with E-state index in [4.69, 9.17) is 4.74 Å². The number of carbonyl (C=O) groups excluding carboxylic acids is 1. The molecular formula is C13H25NO3. The van der Waals surface area contributed by atoms with Crippen molar-refractivity contribution in [2.24, 2.45) is 5.92 Å². The van der Waals surface area contributed by atoms with E-state index in [1.54, 1.807) is 18.7 Å². The van der Waals surface area contributed by atoms with Crippen LogP contribution in [-0.4, -0.2) is 39.9 Å². The maximum Gasteiger partial charge on any atom is 0.410 e. The van der Waals surface area contributed by atoms with Gasteiger partial charge in [0.25, 0.3) is 0 Å². The summed E-state index contributed by atoms with van der Waals surface area (Å²) in [4.78, 5) is 13.7. The highest BCUT2D eigenvalue weighted by atomic mass is 16.6. The number of ether oxygens (including phenoxy) is 1. The van der Waals surface area contributed by atoms with Crippen molar-refractivity contribution in [1.82, 2.24) is 4.90 Å². The van der Waals surface area contributed by atoms with E-state index in [0.29, 0.717) is 6.54 Å². The van der Waals surface area contributed by atoms with E-state index in [1.165, 1.54) is 0 Å². The van der Waals surface area contributed by atoms with Crippen molar-refractivity contribution in [2.75, 3.05) is 6.54 Å². The van der Waals surface area contributed by atoms with Crippen molar-refractivity contribution in [3.05, 3.63) is 0 Å². The number of rotatable bonds is 1. The smallest absolute Gasteiger partial charge is 0.410 e. The molecule has 0 aromatic carbocycles. The lowest BCUT2D eigenvalue weighted by atomic mass is 9.85. The Kier molecular flexibility index (Phi) is 3.77. The van der Waals surface area contributed by atoms with Crippen LogP contribution < -0.4 is 0 Å². The molecule has 1 rings (SSSR count). The van der Waals surface area contributed by atoms with E-state index in [0.717, 1.165) is 6.42 Å². The molecule has 1 saturated heterocycles. The Hall–Kier alpha value is -0.770. The molecule has 1 fully saturated rings. The lowest BCUT2D eigenvalue weighted by Crippen LogP contribution is -2.44. The fourth-order valence-electron chi connectivity index (χ4n) is 2.46. The minimum absolute atomic E-state index is 0.0184. The molecule has 1 aliphatic heterocycles. The molecule has 2 unspecified atom stereocenters. The Labute approximate surface area is 104 Å². The highest BCUT2D eigenvalue weighted by molar-refractivity contribution is 5.69. The molecule has 4 heteroatoms. The van der Waals surface area contributed by atoms with Gasteiger partial charge in [0.1, 0.15) is 5.60 Å². The van der Waals surface area contributed by atoms with E-state index in [2.05, 4.69) is 0 Å². The van der Waals surface area contributed by atoms with E-state index >= 15 is 0 Å². The molecule has 0 radical (unpaired) electrons. The summed E-state index contributed by atoms with van der Waals surface area (Å²) in [6, 6.07) is 0.0184. The Balaban J connectivity index is 2.68. The molecule has 0 spiro atoms. The number of hydrogen-bond donors (Lipinski definition) is 1. The van der Waals surface area contributed by atoms with Crippen LogP contribution in [0.5, 0.6) is 0 Å². The predicted octanol–water partition coefficient (Wildman–Crippen LogP) is 2.40. The minimum Gasteiger partial charge on any atom is -0.444 e. The molecule has 4 nitrogen and oxygen atoms in total. The molecule has 1 N–H and O–H groups in total. The highest BCUT2D eigenvalue weighted by Gasteiger charge is 2.42. The largest absolute Gasteiger partial charge is 0.444 e. The Morgan fingerprint density at radius 1 is 1.29 bits per heavy atom. The first-order chi connectivity index (χ1) is 7.52. The third kappa shape index (κ3) is 3.60. The Morgan fingerprint density at radius 2 is 1.82 bits per heavy atom. The van der Waals surface area contributed by atoms with Crippen LogP contribution in [0.1, 0.15) is 48.0 Å². The first kappa shape index (κ1) is 14.3. The lowest BCUT2D eigenvalue weighted by molar-refractivity contribution is -0.00597. The van der Waals surface area contributed by atoms with Crippen molar-refractivity contribution < 1.29 is 14.6 Å². The molecule has 2 atom stereocenters. The fraction of sp³-hybridized carbons (Fsp3) is 0.923. The lowest BCUT2D eigenvalue weighted by Gasteiger charge is -2.32. The Bertz CT molecular complexity index is 288. The molecule has 0 saturated carbocycles. The molecule has 1 amide bonds. The molecule has 1 heterocycles. The molecular weight excluding hydrogens is 218 g/mol. The number of aliphatic hydroxyl groups is 1. The summed E-state index contributed by atoms with van der Waals surface area (Å²) < 4.78 is 5.36. The van der Waals surface area contributed by atoms with Gasteiger partial charge in [0.05, 0.1) is 5.60 Å². The summed E-state index contributed by atoms with van der Waals surface area (Å²) in [6.45, 7) is 11.8. The second-order valence-electron chi connectivity index (χ2n) is 6.46. The van der Waals surface area contributed by atoms with Crippen LogP contribution in [0.15, 0.2) is 0 Å². The van der Waals surface area contributed by atoms with Gasteiger partial charge in [0.15, 0.2) is 0 Å². The molecule has 0 aliphatic carbocycles. The summed E-state index contributed by atoms with van der Waals surface area (Å²) >= 11 is 0. The van der Waals surface area contributed by atoms with Crippen LogP contribution in [0.25, 0.3) is 0 Å². The fourth-order valence-corrected chi connectivity index (χ4v) is 2.46. The molecule has 1 aliphatic rings. The zero-order valence-corrected chi connectivity index (χ0v) is 11.8. The van der Waals surface area contributed by atoms with Crippen molar-refractivity contribution in [2.45, 2.75) is 65.2 Å². The molecule has 0 aromatic heterocycles. The third-order valence-corrected chi connectivity index (χ3v) is 3.29. The van der Waals surface area contributed by atoms with Crippen molar-refractivity contribution >= 4 is 6.09 Å². The third-order valence-electron chi connectivity index (χ3n) is 3.29. The highest BCUT2D eigenvalue weighted by Crippen LogP contribution is 2.33. The summed E-state index contributed by atoms with van der Waals surface area (Å²) in [5.41, 5.74) is -1.22. The van der Waals surface area contributed by atoms with Crippen LogP contribution in [0.4, 0.5) is 4.79 Å². The average molecular weight is 243 g/mol. The summed E-state index contributed by atoms with van der Waals surface area (Å²) in [5, 5.41) is 10.0. The van der Waals surface area contributed by atoms with Gasteiger partial charge in [0.2, 0.25) is 0 Å². The monoisotopic (exact) mass is 243 g/mol. The molecule has 100 valence electrons. The maximum atomic E-state index is 12.0. The van der Waals surface area contributed by atoms with Crippen LogP contribution >= 0.6 is 0 Å².